The lowest BCUT2D eigenvalue weighted by atomic mass is 10.1. The summed E-state index contributed by atoms with van der Waals surface area (Å²) in [6.45, 7) is 2.02. The van der Waals surface area contributed by atoms with Gasteiger partial charge in [0.1, 0.15) is 0 Å². The summed E-state index contributed by atoms with van der Waals surface area (Å²) in [5.41, 5.74) is 2.81. The van der Waals surface area contributed by atoms with E-state index in [1.165, 1.54) is 16.4 Å². The second kappa shape index (κ2) is 7.87. The summed E-state index contributed by atoms with van der Waals surface area (Å²) < 4.78 is 2.53. The number of nitrogens with two attached hydrogens (primary N) is 1. The zero-order valence-corrected chi connectivity index (χ0v) is 16.4. The van der Waals surface area contributed by atoms with Crippen molar-refractivity contribution < 1.29 is 4.79 Å². The minimum atomic E-state index is -0.119. The first kappa shape index (κ1) is 17.7. The van der Waals surface area contributed by atoms with Crippen LogP contribution in [0.5, 0.6) is 0 Å². The summed E-state index contributed by atoms with van der Waals surface area (Å²) in [7, 11) is 0. The Morgan fingerprint density at radius 1 is 1.16 bits per heavy atom. The highest BCUT2D eigenvalue weighted by atomic mass is 127. The van der Waals surface area contributed by atoms with E-state index in [-0.39, 0.29) is 11.7 Å². The highest BCUT2D eigenvalue weighted by Crippen LogP contribution is 2.22. The Bertz CT molecular complexity index is 877. The fourth-order valence-corrected chi connectivity index (χ4v) is 3.15. The molecule has 0 aliphatic heterocycles. The van der Waals surface area contributed by atoms with E-state index < -0.39 is 0 Å². The predicted octanol–water partition coefficient (Wildman–Crippen LogP) is 3.30. The molecule has 8 heteroatoms. The van der Waals surface area contributed by atoms with Crippen LogP contribution in [0, 0.1) is 10.5 Å². The SMILES string of the molecule is Cc1ccc(-c2nnc(SCC(=O)Nc3ccc(I)cc3)n2N)cc1. The molecular weight excluding hydrogens is 449 g/mol. The van der Waals surface area contributed by atoms with Gasteiger partial charge < -0.3 is 11.2 Å². The van der Waals surface area contributed by atoms with Crippen molar-refractivity contribution in [3.63, 3.8) is 0 Å². The number of nitrogens with zero attached hydrogens (tertiary/aromatic N) is 3. The molecule has 1 amide bonds. The van der Waals surface area contributed by atoms with Gasteiger partial charge in [-0.15, -0.1) is 10.2 Å². The number of amides is 1. The van der Waals surface area contributed by atoms with E-state index >= 15 is 0 Å². The first-order valence-electron chi connectivity index (χ1n) is 7.48. The maximum Gasteiger partial charge on any atom is 0.234 e. The van der Waals surface area contributed by atoms with Crippen molar-refractivity contribution in [2.45, 2.75) is 12.1 Å². The van der Waals surface area contributed by atoms with E-state index in [1.807, 2.05) is 55.5 Å². The van der Waals surface area contributed by atoms with Crippen LogP contribution in [0.25, 0.3) is 11.4 Å². The summed E-state index contributed by atoms with van der Waals surface area (Å²) in [6.07, 6.45) is 0. The van der Waals surface area contributed by atoms with Gasteiger partial charge in [-0.05, 0) is 53.8 Å². The Morgan fingerprint density at radius 3 is 2.52 bits per heavy atom. The Kier molecular flexibility index (Phi) is 5.59. The van der Waals surface area contributed by atoms with Crippen LogP contribution >= 0.6 is 34.4 Å². The third-order valence-electron chi connectivity index (χ3n) is 3.43. The number of hydrogen-bond donors (Lipinski definition) is 2. The summed E-state index contributed by atoms with van der Waals surface area (Å²) in [5, 5.41) is 11.5. The molecule has 0 spiro atoms. The van der Waals surface area contributed by atoms with Gasteiger partial charge in [0.05, 0.1) is 5.75 Å². The normalized spacial score (nSPS) is 10.6. The summed E-state index contributed by atoms with van der Waals surface area (Å²) >= 11 is 3.47. The molecule has 0 atom stereocenters. The topological polar surface area (TPSA) is 85.8 Å². The lowest BCUT2D eigenvalue weighted by Crippen LogP contribution is -2.16. The molecule has 1 heterocycles. The van der Waals surface area contributed by atoms with Gasteiger partial charge in [0, 0.05) is 14.8 Å². The van der Waals surface area contributed by atoms with Gasteiger partial charge in [-0.1, -0.05) is 41.6 Å². The largest absolute Gasteiger partial charge is 0.335 e. The fourth-order valence-electron chi connectivity index (χ4n) is 2.14. The van der Waals surface area contributed by atoms with Crippen LogP contribution in [-0.2, 0) is 4.79 Å². The fraction of sp³-hybridized carbons (Fsp3) is 0.118. The second-order valence-electron chi connectivity index (χ2n) is 5.39. The van der Waals surface area contributed by atoms with Crippen molar-refractivity contribution in [3.8, 4) is 11.4 Å². The van der Waals surface area contributed by atoms with Crippen molar-refractivity contribution >= 4 is 45.9 Å². The number of aromatic nitrogens is 3. The second-order valence-corrected chi connectivity index (χ2v) is 7.57. The molecule has 0 unspecified atom stereocenters. The third kappa shape index (κ3) is 4.51. The van der Waals surface area contributed by atoms with Crippen LogP contribution in [0.4, 0.5) is 5.69 Å². The van der Waals surface area contributed by atoms with E-state index in [2.05, 4.69) is 38.1 Å². The van der Waals surface area contributed by atoms with Crippen molar-refractivity contribution in [1.29, 1.82) is 0 Å². The molecule has 0 aliphatic carbocycles. The monoisotopic (exact) mass is 465 g/mol. The number of aryl methyl sites for hydroxylation is 1. The standard InChI is InChI=1S/C17H16IN5OS/c1-11-2-4-12(5-3-11)16-21-22-17(23(16)19)25-10-15(24)20-14-8-6-13(18)7-9-14/h2-9H,10,19H2,1H3,(H,20,24). The number of nitrogens with one attached hydrogen (secondary N) is 1. The van der Waals surface area contributed by atoms with E-state index in [0.717, 1.165) is 20.4 Å². The maximum atomic E-state index is 12.1. The van der Waals surface area contributed by atoms with Crippen LogP contribution in [-0.4, -0.2) is 26.5 Å². The molecule has 0 bridgehead atoms. The van der Waals surface area contributed by atoms with Crippen molar-refractivity contribution in [3.05, 3.63) is 57.7 Å². The summed E-state index contributed by atoms with van der Waals surface area (Å²) in [6, 6.07) is 15.5. The van der Waals surface area contributed by atoms with E-state index in [0.29, 0.717) is 11.0 Å². The van der Waals surface area contributed by atoms with Crippen molar-refractivity contribution in [1.82, 2.24) is 14.9 Å². The number of carbonyl (C=O) groups is 1. The average Bonchev–Trinajstić information content (AvgIpc) is 2.97. The molecular formula is C17H16IN5OS. The van der Waals surface area contributed by atoms with Crippen LogP contribution in [0.2, 0.25) is 0 Å². The molecule has 2 aromatic carbocycles. The zero-order chi connectivity index (χ0) is 17.8. The third-order valence-corrected chi connectivity index (χ3v) is 5.10. The average molecular weight is 465 g/mol. The molecule has 0 aliphatic rings. The van der Waals surface area contributed by atoms with Crippen molar-refractivity contribution in [2.24, 2.45) is 0 Å². The highest BCUT2D eigenvalue weighted by Gasteiger charge is 2.13. The molecule has 0 fully saturated rings. The van der Waals surface area contributed by atoms with Gasteiger partial charge in [0.15, 0.2) is 5.82 Å². The number of anilines is 1. The molecule has 1 aromatic heterocycles. The van der Waals surface area contributed by atoms with Crippen LogP contribution in [0.15, 0.2) is 53.7 Å². The number of rotatable bonds is 5. The Hall–Kier alpha value is -2.07. The predicted molar refractivity (Wildman–Crippen MR) is 109 cm³/mol. The van der Waals surface area contributed by atoms with Gasteiger partial charge in [0.2, 0.25) is 11.1 Å². The maximum absolute atomic E-state index is 12.1. The lowest BCUT2D eigenvalue weighted by molar-refractivity contribution is -0.113. The molecule has 0 saturated heterocycles. The number of carbonyl (C=O) groups excluding carboxylic acids is 1. The minimum Gasteiger partial charge on any atom is -0.335 e. The first-order chi connectivity index (χ1) is 12.0. The van der Waals surface area contributed by atoms with E-state index in [1.54, 1.807) is 0 Å². The van der Waals surface area contributed by atoms with Crippen molar-refractivity contribution in [2.75, 3.05) is 16.9 Å². The van der Waals surface area contributed by atoms with Crippen LogP contribution in [0.1, 0.15) is 5.56 Å². The van der Waals surface area contributed by atoms with Gasteiger partial charge >= 0.3 is 0 Å². The van der Waals surface area contributed by atoms with Gasteiger partial charge in [-0.2, -0.15) is 0 Å². The van der Waals surface area contributed by atoms with E-state index in [4.69, 9.17) is 5.84 Å². The van der Waals surface area contributed by atoms with Gasteiger partial charge in [0.25, 0.3) is 0 Å². The van der Waals surface area contributed by atoms with E-state index in [9.17, 15) is 4.79 Å². The van der Waals surface area contributed by atoms with Crippen LogP contribution in [0.3, 0.4) is 0 Å². The molecule has 6 nitrogen and oxygen atoms in total. The van der Waals surface area contributed by atoms with Gasteiger partial charge in [-0.3, -0.25) is 4.79 Å². The summed E-state index contributed by atoms with van der Waals surface area (Å²) in [5.74, 6) is 6.72. The quantitative estimate of drug-likeness (QED) is 0.343. The first-order valence-corrected chi connectivity index (χ1v) is 9.55. The number of thioether (sulfide) groups is 1. The lowest BCUT2D eigenvalue weighted by Gasteiger charge is -2.06. The smallest absolute Gasteiger partial charge is 0.234 e. The zero-order valence-electron chi connectivity index (χ0n) is 13.4. The highest BCUT2D eigenvalue weighted by molar-refractivity contribution is 14.1. The Labute approximate surface area is 163 Å². The van der Waals surface area contributed by atoms with Gasteiger partial charge in [-0.25, -0.2) is 4.68 Å². The number of nitrogen functional groups attached to an aromatic ring is 1. The molecule has 25 heavy (non-hydrogen) atoms. The molecule has 3 N–H and O–H groups in total. The number of hydrogen-bond acceptors (Lipinski definition) is 5. The molecule has 0 radical (unpaired) electrons. The number of halogens is 1. The molecule has 3 rings (SSSR count). The minimum absolute atomic E-state index is 0.119. The molecule has 128 valence electrons. The Morgan fingerprint density at radius 2 is 1.84 bits per heavy atom. The summed E-state index contributed by atoms with van der Waals surface area (Å²) in [4.78, 5) is 12.1. The number of benzene rings is 2. The Balaban J connectivity index is 1.62. The molecule has 0 saturated carbocycles. The molecule has 3 aromatic rings. The van der Waals surface area contributed by atoms with Crippen LogP contribution < -0.4 is 11.2 Å².